The van der Waals surface area contributed by atoms with Crippen LogP contribution in [-0.4, -0.2) is 44.5 Å². The van der Waals surface area contributed by atoms with Crippen molar-refractivity contribution in [2.45, 2.75) is 18.5 Å². The summed E-state index contributed by atoms with van der Waals surface area (Å²) in [5, 5.41) is 8.56. The molecule has 0 unspecified atom stereocenters. The monoisotopic (exact) mass is 463 g/mol. The first-order valence-electron chi connectivity index (χ1n) is 9.44. The molecule has 0 aliphatic carbocycles. The van der Waals surface area contributed by atoms with E-state index in [0.29, 0.717) is 63.9 Å². The second-order valence-electron chi connectivity index (χ2n) is 6.89. The summed E-state index contributed by atoms with van der Waals surface area (Å²) in [6.45, 7) is 0.986. The molecule has 31 heavy (non-hydrogen) atoms. The summed E-state index contributed by atoms with van der Waals surface area (Å²) in [4.78, 5) is 7.34. The molecule has 3 heterocycles. The molecular weight excluding hydrogens is 445 g/mol. The number of hydrogen-bond acceptors (Lipinski definition) is 7. The van der Waals surface area contributed by atoms with Gasteiger partial charge in [-0.2, -0.15) is 0 Å². The molecule has 3 aromatic rings. The van der Waals surface area contributed by atoms with Crippen LogP contribution in [0, 0.1) is 0 Å². The zero-order valence-electron chi connectivity index (χ0n) is 16.8. The molecule has 2 atom stereocenters. The summed E-state index contributed by atoms with van der Waals surface area (Å²) in [5.41, 5.74) is 9.82. The van der Waals surface area contributed by atoms with E-state index < -0.39 is 0 Å². The van der Waals surface area contributed by atoms with Gasteiger partial charge in [0.15, 0.2) is 5.58 Å². The summed E-state index contributed by atoms with van der Waals surface area (Å²) in [6, 6.07) is 4.89. The number of nitrogens with zero attached hydrogens (tertiary/aromatic N) is 4. The van der Waals surface area contributed by atoms with Gasteiger partial charge in [-0.1, -0.05) is 28.3 Å². The van der Waals surface area contributed by atoms with Gasteiger partial charge in [0.05, 0.1) is 54.7 Å². The van der Waals surface area contributed by atoms with E-state index in [1.807, 2.05) is 12.1 Å². The van der Waals surface area contributed by atoms with Crippen LogP contribution < -0.4 is 14.8 Å². The number of methoxy groups -OCH3 is 2. The first-order chi connectivity index (χ1) is 15.0. The topological polar surface area (TPSA) is 115 Å². The van der Waals surface area contributed by atoms with E-state index in [1.165, 1.54) is 14.2 Å². The maximum absolute atomic E-state index is 8.80. The number of aromatic nitrogens is 1. The Kier molecular flexibility index (Phi) is 6.29. The average Bonchev–Trinajstić information content (AvgIpc) is 3.18. The Bertz CT molecular complexity index is 1130. The number of pyridine rings is 1. The van der Waals surface area contributed by atoms with Gasteiger partial charge >= 0.3 is 0 Å². The standard InChI is InChI=1S/C20H19Cl2N5O4/c1-28-14-7-15(29-2)20(22)18(19(14)21)13-5-10-6-17(24-8-16(10)31-13)25-12-9-30-4-3-11(12)26-27-23/h5-8,11-12H,3-4,9H2,1-2H3,(H,24,25)/t11-,12+/m0/s1. The van der Waals surface area contributed by atoms with Gasteiger partial charge in [0.25, 0.3) is 0 Å². The maximum Gasteiger partial charge on any atom is 0.153 e. The highest BCUT2D eigenvalue weighted by molar-refractivity contribution is 6.41. The minimum atomic E-state index is -0.210. The number of nitrogens with one attached hydrogen (secondary N) is 1. The first-order valence-corrected chi connectivity index (χ1v) is 10.2. The fourth-order valence-electron chi connectivity index (χ4n) is 3.51. The van der Waals surface area contributed by atoms with Crippen LogP contribution in [0.1, 0.15) is 6.42 Å². The van der Waals surface area contributed by atoms with Crippen molar-refractivity contribution in [2.75, 3.05) is 32.8 Å². The second kappa shape index (κ2) is 9.11. The number of fused-ring (bicyclic) bond motifs is 1. The minimum absolute atomic E-state index is 0.174. The molecule has 162 valence electrons. The van der Waals surface area contributed by atoms with Crippen LogP contribution in [0.15, 0.2) is 33.9 Å². The van der Waals surface area contributed by atoms with Crippen LogP contribution in [0.2, 0.25) is 10.0 Å². The number of benzene rings is 1. The average molecular weight is 464 g/mol. The molecule has 9 nitrogen and oxygen atoms in total. The van der Waals surface area contributed by atoms with Gasteiger partial charge in [-0.05, 0) is 24.1 Å². The van der Waals surface area contributed by atoms with Gasteiger partial charge in [0.1, 0.15) is 23.1 Å². The predicted molar refractivity (Wildman–Crippen MR) is 118 cm³/mol. The molecule has 0 radical (unpaired) electrons. The lowest BCUT2D eigenvalue weighted by Gasteiger charge is -2.29. The van der Waals surface area contributed by atoms with Crippen LogP contribution in [0.25, 0.3) is 32.7 Å². The highest BCUT2D eigenvalue weighted by Gasteiger charge is 2.26. The number of anilines is 1. The van der Waals surface area contributed by atoms with Crippen molar-refractivity contribution in [3.8, 4) is 22.8 Å². The lowest BCUT2D eigenvalue weighted by atomic mass is 10.0. The number of azide groups is 1. The molecule has 1 N–H and O–H groups in total. The van der Waals surface area contributed by atoms with E-state index in [9.17, 15) is 0 Å². The lowest BCUT2D eigenvalue weighted by molar-refractivity contribution is 0.0768. The Hall–Kier alpha value is -2.84. The summed E-state index contributed by atoms with van der Waals surface area (Å²) >= 11 is 13.0. The van der Waals surface area contributed by atoms with Gasteiger partial charge in [-0.25, -0.2) is 4.98 Å². The van der Waals surface area contributed by atoms with Gasteiger partial charge in [-0.15, -0.1) is 0 Å². The number of furan rings is 1. The molecule has 4 rings (SSSR count). The molecule has 1 aromatic carbocycles. The van der Waals surface area contributed by atoms with Crippen LogP contribution in [0.4, 0.5) is 5.82 Å². The molecule has 1 aliphatic heterocycles. The zero-order chi connectivity index (χ0) is 22.0. The lowest BCUT2D eigenvalue weighted by Crippen LogP contribution is -2.41. The van der Waals surface area contributed by atoms with Gasteiger partial charge in [0, 0.05) is 23.0 Å². The summed E-state index contributed by atoms with van der Waals surface area (Å²) in [5.74, 6) is 1.89. The van der Waals surface area contributed by atoms with Crippen molar-refractivity contribution < 1.29 is 18.6 Å². The molecule has 11 heteroatoms. The van der Waals surface area contributed by atoms with Crippen LogP contribution in [0.5, 0.6) is 11.5 Å². The third-order valence-electron chi connectivity index (χ3n) is 5.08. The van der Waals surface area contributed by atoms with E-state index in [2.05, 4.69) is 20.3 Å². The smallest absolute Gasteiger partial charge is 0.153 e. The van der Waals surface area contributed by atoms with Gasteiger partial charge < -0.3 is 23.9 Å². The molecule has 1 fully saturated rings. The summed E-state index contributed by atoms with van der Waals surface area (Å²) in [6.07, 6.45) is 2.25. The third-order valence-corrected chi connectivity index (χ3v) is 5.83. The Morgan fingerprint density at radius 3 is 2.61 bits per heavy atom. The number of ether oxygens (including phenoxy) is 3. The largest absolute Gasteiger partial charge is 0.495 e. The van der Waals surface area contributed by atoms with Crippen molar-refractivity contribution in [2.24, 2.45) is 5.11 Å². The van der Waals surface area contributed by atoms with Crippen molar-refractivity contribution in [3.05, 3.63) is 44.9 Å². The SMILES string of the molecule is COc1cc(OC)c(Cl)c(-c2cc3cc(N[C@@H]4COCC[C@@H]4N=[N+]=[N-])ncc3o2)c1Cl. The molecule has 1 aliphatic rings. The molecule has 0 bridgehead atoms. The molecule has 2 aromatic heterocycles. The summed E-state index contributed by atoms with van der Waals surface area (Å²) < 4.78 is 22.1. The summed E-state index contributed by atoms with van der Waals surface area (Å²) in [7, 11) is 3.02. The molecule has 0 saturated carbocycles. The minimum Gasteiger partial charge on any atom is -0.495 e. The highest BCUT2D eigenvalue weighted by atomic mass is 35.5. The quantitative estimate of drug-likeness (QED) is 0.284. The third kappa shape index (κ3) is 4.18. The number of rotatable bonds is 6. The Morgan fingerprint density at radius 2 is 1.94 bits per heavy atom. The maximum atomic E-state index is 8.80. The Morgan fingerprint density at radius 1 is 1.19 bits per heavy atom. The van der Waals surface area contributed by atoms with Gasteiger partial charge in [0.2, 0.25) is 0 Å². The number of hydrogen-bond donors (Lipinski definition) is 1. The fourth-order valence-corrected chi connectivity index (χ4v) is 4.20. The zero-order valence-corrected chi connectivity index (χ0v) is 18.3. The molecule has 0 amide bonds. The van der Waals surface area contributed by atoms with Crippen molar-refractivity contribution in [1.29, 1.82) is 0 Å². The fraction of sp³-hybridized carbons (Fsp3) is 0.350. The number of halogens is 2. The first kappa shape index (κ1) is 21.4. The highest BCUT2D eigenvalue weighted by Crippen LogP contribution is 2.47. The van der Waals surface area contributed by atoms with Crippen molar-refractivity contribution >= 4 is 40.0 Å². The van der Waals surface area contributed by atoms with Crippen LogP contribution >= 0.6 is 23.2 Å². The van der Waals surface area contributed by atoms with E-state index in [-0.39, 0.29) is 12.1 Å². The molecular formula is C20H19Cl2N5O4. The molecule has 1 saturated heterocycles. The molecule has 0 spiro atoms. The van der Waals surface area contributed by atoms with Crippen LogP contribution in [-0.2, 0) is 4.74 Å². The second-order valence-corrected chi connectivity index (χ2v) is 7.64. The van der Waals surface area contributed by atoms with E-state index >= 15 is 0 Å². The van der Waals surface area contributed by atoms with E-state index in [0.717, 1.165) is 5.39 Å². The predicted octanol–water partition coefficient (Wildman–Crippen LogP) is 5.70. The van der Waals surface area contributed by atoms with E-state index in [4.69, 9.17) is 47.4 Å². The van der Waals surface area contributed by atoms with Gasteiger partial charge in [-0.3, -0.25) is 0 Å². The van der Waals surface area contributed by atoms with E-state index in [1.54, 1.807) is 12.3 Å². The Balaban J connectivity index is 1.70. The Labute approximate surface area is 187 Å². The van der Waals surface area contributed by atoms with Crippen LogP contribution in [0.3, 0.4) is 0 Å². The van der Waals surface area contributed by atoms with Crippen molar-refractivity contribution in [1.82, 2.24) is 4.98 Å². The van der Waals surface area contributed by atoms with Crippen molar-refractivity contribution in [3.63, 3.8) is 0 Å². The normalized spacial score (nSPS) is 18.5.